The number of carbonyl (C=O) groups excluding carboxylic acids is 1. The molecule has 1 aromatic carbocycles. The molecule has 2 rings (SSSR count). The van der Waals surface area contributed by atoms with Crippen molar-refractivity contribution >= 4 is 17.7 Å². The van der Waals surface area contributed by atoms with Gasteiger partial charge in [0.25, 0.3) is 5.56 Å². The summed E-state index contributed by atoms with van der Waals surface area (Å²) in [5.41, 5.74) is 0.131. The second-order valence-corrected chi connectivity index (χ2v) is 4.46. The van der Waals surface area contributed by atoms with Crippen LogP contribution in [-0.2, 0) is 4.79 Å². The molecular formula is C11H8N3O3S-. The Kier molecular flexibility index (Phi) is 3.73. The van der Waals surface area contributed by atoms with Gasteiger partial charge in [-0.3, -0.25) is 9.78 Å². The van der Waals surface area contributed by atoms with Gasteiger partial charge in [0.1, 0.15) is 6.20 Å². The third-order valence-electron chi connectivity index (χ3n) is 2.10. The lowest BCUT2D eigenvalue weighted by Crippen LogP contribution is -2.28. The quantitative estimate of drug-likeness (QED) is 0.763. The highest BCUT2D eigenvalue weighted by Gasteiger charge is 2.15. The van der Waals surface area contributed by atoms with Gasteiger partial charge < -0.3 is 9.90 Å². The van der Waals surface area contributed by atoms with Gasteiger partial charge in [0.15, 0.2) is 5.16 Å². The third kappa shape index (κ3) is 2.95. The minimum absolute atomic E-state index is 0.139. The number of carboxylic acid groups (broad SMARTS) is 1. The second-order valence-electron chi connectivity index (χ2n) is 3.37. The van der Waals surface area contributed by atoms with E-state index in [-0.39, 0.29) is 5.16 Å². The fraction of sp³-hybridized carbons (Fsp3) is 0.0909. The zero-order valence-corrected chi connectivity index (χ0v) is 9.89. The van der Waals surface area contributed by atoms with Crippen molar-refractivity contribution in [1.29, 1.82) is 0 Å². The number of benzene rings is 1. The highest BCUT2D eigenvalue weighted by atomic mass is 32.2. The van der Waals surface area contributed by atoms with Crippen molar-refractivity contribution < 1.29 is 9.90 Å². The van der Waals surface area contributed by atoms with E-state index in [1.165, 1.54) is 0 Å². The highest BCUT2D eigenvalue weighted by molar-refractivity contribution is 8.00. The maximum atomic E-state index is 11.1. The summed E-state index contributed by atoms with van der Waals surface area (Å²) in [6, 6.07) is 8.57. The number of aromatic amines is 1. The Morgan fingerprint density at radius 1 is 1.33 bits per heavy atom. The van der Waals surface area contributed by atoms with Gasteiger partial charge >= 0.3 is 0 Å². The first-order valence-corrected chi connectivity index (χ1v) is 5.89. The number of carboxylic acids is 1. The molecule has 1 heterocycles. The summed E-state index contributed by atoms with van der Waals surface area (Å²) in [6.07, 6.45) is 1.01. The van der Waals surface area contributed by atoms with E-state index < -0.39 is 16.8 Å². The molecule has 2 aromatic rings. The molecule has 0 amide bonds. The Morgan fingerprint density at radius 3 is 2.67 bits per heavy atom. The molecule has 0 fully saturated rings. The van der Waals surface area contributed by atoms with Crippen LogP contribution in [0.2, 0.25) is 0 Å². The average Bonchev–Trinajstić information content (AvgIpc) is 2.37. The minimum Gasteiger partial charge on any atom is -0.549 e. The molecule has 6 nitrogen and oxygen atoms in total. The maximum Gasteiger partial charge on any atom is 0.270 e. The van der Waals surface area contributed by atoms with E-state index in [1.54, 1.807) is 30.3 Å². The van der Waals surface area contributed by atoms with Crippen LogP contribution in [0.5, 0.6) is 0 Å². The number of thioether (sulfide) groups is 1. The summed E-state index contributed by atoms with van der Waals surface area (Å²) in [6.45, 7) is 0. The van der Waals surface area contributed by atoms with Crippen LogP contribution in [0.1, 0.15) is 10.8 Å². The molecule has 1 aromatic heterocycles. The van der Waals surface area contributed by atoms with Gasteiger partial charge in [-0.05, 0) is 5.56 Å². The van der Waals surface area contributed by atoms with Crippen LogP contribution in [0.15, 0.2) is 46.5 Å². The molecule has 1 atom stereocenters. The molecular weight excluding hydrogens is 254 g/mol. The molecule has 0 saturated carbocycles. The van der Waals surface area contributed by atoms with Crippen LogP contribution in [0.4, 0.5) is 0 Å². The first-order valence-electron chi connectivity index (χ1n) is 5.01. The lowest BCUT2D eigenvalue weighted by Gasteiger charge is -2.16. The summed E-state index contributed by atoms with van der Waals surface area (Å²) < 4.78 is 0. The number of rotatable bonds is 4. The zero-order valence-electron chi connectivity index (χ0n) is 9.07. The second kappa shape index (κ2) is 5.46. The van der Waals surface area contributed by atoms with Crippen molar-refractivity contribution in [1.82, 2.24) is 15.2 Å². The van der Waals surface area contributed by atoms with E-state index in [2.05, 4.69) is 15.2 Å². The molecule has 0 saturated heterocycles. The number of carbonyl (C=O) groups is 1. The fourth-order valence-electron chi connectivity index (χ4n) is 1.34. The predicted octanol–water partition coefficient (Wildman–Crippen LogP) is -0.252. The number of hydrogen-bond donors (Lipinski definition) is 1. The Morgan fingerprint density at radius 2 is 2.06 bits per heavy atom. The number of aromatic nitrogens is 3. The van der Waals surface area contributed by atoms with E-state index in [0.717, 1.165) is 18.0 Å². The molecule has 0 aliphatic rings. The Bertz CT molecular complexity index is 600. The van der Waals surface area contributed by atoms with E-state index in [1.807, 2.05) is 0 Å². The van der Waals surface area contributed by atoms with Crippen molar-refractivity contribution in [2.24, 2.45) is 0 Å². The normalized spacial score (nSPS) is 12.0. The Balaban J connectivity index is 2.28. The van der Waals surface area contributed by atoms with E-state index in [0.29, 0.717) is 5.56 Å². The van der Waals surface area contributed by atoms with Crippen molar-refractivity contribution in [3.8, 4) is 0 Å². The van der Waals surface area contributed by atoms with E-state index in [4.69, 9.17) is 0 Å². The molecule has 0 unspecified atom stereocenters. The van der Waals surface area contributed by atoms with Gasteiger partial charge in [0.05, 0.1) is 11.2 Å². The van der Waals surface area contributed by atoms with Gasteiger partial charge in [-0.1, -0.05) is 42.1 Å². The monoisotopic (exact) mass is 262 g/mol. The van der Waals surface area contributed by atoms with Gasteiger partial charge in [0.2, 0.25) is 0 Å². The summed E-state index contributed by atoms with van der Waals surface area (Å²) in [5, 5.41) is 17.4. The first-order chi connectivity index (χ1) is 8.66. The topological polar surface area (TPSA) is 98.8 Å². The number of aliphatic carboxylic acids is 1. The molecule has 0 aliphatic carbocycles. The Labute approximate surface area is 106 Å². The van der Waals surface area contributed by atoms with Crippen molar-refractivity contribution in [3.63, 3.8) is 0 Å². The van der Waals surface area contributed by atoms with E-state index >= 15 is 0 Å². The molecule has 92 valence electrons. The number of nitrogens with one attached hydrogen (secondary N) is 1. The SMILES string of the molecule is O=C([O-])[C@H](Sc1nncc(=O)[nH]1)c1ccccc1. The largest absolute Gasteiger partial charge is 0.549 e. The molecule has 0 bridgehead atoms. The van der Waals surface area contributed by atoms with Gasteiger partial charge in [-0.15, -0.1) is 5.10 Å². The van der Waals surface area contributed by atoms with Gasteiger partial charge in [-0.25, -0.2) is 0 Å². The fourth-order valence-corrected chi connectivity index (χ4v) is 2.21. The highest BCUT2D eigenvalue weighted by Crippen LogP contribution is 2.31. The van der Waals surface area contributed by atoms with Crippen molar-refractivity contribution in [2.45, 2.75) is 10.4 Å². The number of nitrogens with zero attached hydrogens (tertiary/aromatic N) is 2. The summed E-state index contributed by atoms with van der Waals surface area (Å²) in [7, 11) is 0. The molecule has 18 heavy (non-hydrogen) atoms. The van der Waals surface area contributed by atoms with Crippen LogP contribution < -0.4 is 10.7 Å². The average molecular weight is 262 g/mol. The lowest BCUT2D eigenvalue weighted by atomic mass is 10.1. The summed E-state index contributed by atoms with van der Waals surface area (Å²) >= 11 is 0.873. The summed E-state index contributed by atoms with van der Waals surface area (Å²) in [4.78, 5) is 24.6. The van der Waals surface area contributed by atoms with Crippen LogP contribution >= 0.6 is 11.8 Å². The molecule has 7 heteroatoms. The van der Waals surface area contributed by atoms with Crippen LogP contribution in [0.3, 0.4) is 0 Å². The number of hydrogen-bond acceptors (Lipinski definition) is 6. The first kappa shape index (κ1) is 12.3. The molecule has 0 radical (unpaired) electrons. The van der Waals surface area contributed by atoms with Crippen molar-refractivity contribution in [3.05, 3.63) is 52.4 Å². The third-order valence-corrected chi connectivity index (χ3v) is 3.21. The molecule has 0 spiro atoms. The molecule has 0 aliphatic heterocycles. The zero-order chi connectivity index (χ0) is 13.0. The van der Waals surface area contributed by atoms with Crippen molar-refractivity contribution in [2.75, 3.05) is 0 Å². The van der Waals surface area contributed by atoms with E-state index in [9.17, 15) is 14.7 Å². The van der Waals surface area contributed by atoms with Crippen LogP contribution in [0, 0.1) is 0 Å². The standard InChI is InChI=1S/C11H9N3O3S/c15-8-6-12-14-11(13-8)18-9(10(16)17)7-4-2-1-3-5-7/h1-6,9H,(H,16,17)(H,13,14,15)/p-1/t9-/m1/s1. The van der Waals surface area contributed by atoms with Gasteiger partial charge in [0, 0.05) is 0 Å². The van der Waals surface area contributed by atoms with Gasteiger partial charge in [-0.2, -0.15) is 5.10 Å². The lowest BCUT2D eigenvalue weighted by molar-refractivity contribution is -0.305. The smallest absolute Gasteiger partial charge is 0.270 e. The Hall–Kier alpha value is -2.15. The minimum atomic E-state index is -1.25. The van der Waals surface area contributed by atoms with Crippen LogP contribution in [0.25, 0.3) is 0 Å². The summed E-state index contributed by atoms with van der Waals surface area (Å²) in [5.74, 6) is -1.25. The maximum absolute atomic E-state index is 11.1. The number of H-pyrrole nitrogens is 1. The molecule has 1 N–H and O–H groups in total. The predicted molar refractivity (Wildman–Crippen MR) is 62.7 cm³/mol. The van der Waals surface area contributed by atoms with Crippen LogP contribution in [-0.4, -0.2) is 21.2 Å².